The molecule has 1 rings (SSSR count). The fourth-order valence-electron chi connectivity index (χ4n) is 0.786. The van der Waals surface area contributed by atoms with Crippen LogP contribution in [0.25, 0.3) is 0 Å². The zero-order chi connectivity index (χ0) is 6.04. The first kappa shape index (κ1) is 6.21. The second-order valence-electron chi connectivity index (χ2n) is 2.50. The number of allylic oxidation sites excluding steroid dienone is 1. The highest BCUT2D eigenvalue weighted by Gasteiger charge is 2.22. The van der Waals surface area contributed by atoms with Gasteiger partial charge < -0.3 is 0 Å². The van der Waals surface area contributed by atoms with Crippen LogP contribution in [0.15, 0.2) is 11.5 Å². The van der Waals surface area contributed by atoms with Gasteiger partial charge in [-0.1, -0.05) is 13.0 Å². The summed E-state index contributed by atoms with van der Waals surface area (Å²) in [5.74, 6) is 0. The zero-order valence-electron chi connectivity index (χ0n) is 5.48. The van der Waals surface area contributed by atoms with E-state index in [4.69, 9.17) is 0 Å². The summed E-state index contributed by atoms with van der Waals surface area (Å²) < 4.78 is 0.542. The van der Waals surface area contributed by atoms with Gasteiger partial charge in [-0.25, -0.2) is 0 Å². The van der Waals surface area contributed by atoms with E-state index in [1.54, 1.807) is 0 Å². The van der Waals surface area contributed by atoms with Crippen molar-refractivity contribution in [3.63, 3.8) is 0 Å². The lowest BCUT2D eigenvalue weighted by atomic mass is 10.1. The molecule has 0 radical (unpaired) electrons. The quantitative estimate of drug-likeness (QED) is 0.523. The van der Waals surface area contributed by atoms with Crippen LogP contribution in [-0.2, 0) is 0 Å². The molecule has 1 heteroatoms. The lowest BCUT2D eigenvalue weighted by molar-refractivity contribution is 0.640. The van der Waals surface area contributed by atoms with Crippen molar-refractivity contribution in [2.75, 3.05) is 0 Å². The third kappa shape index (κ3) is 1.08. The Morgan fingerprint density at radius 3 is 2.75 bits per heavy atom. The van der Waals surface area contributed by atoms with E-state index in [0.717, 1.165) is 0 Å². The summed E-state index contributed by atoms with van der Waals surface area (Å²) in [5, 5.41) is 2.21. The zero-order valence-corrected chi connectivity index (χ0v) is 6.29. The Hall–Kier alpha value is 0.0900. The highest BCUT2D eigenvalue weighted by molar-refractivity contribution is 8.03. The van der Waals surface area contributed by atoms with Crippen molar-refractivity contribution in [1.29, 1.82) is 0 Å². The predicted molar refractivity (Wildman–Crippen MR) is 40.0 cm³/mol. The minimum Gasteiger partial charge on any atom is -0.128 e. The highest BCUT2D eigenvalue weighted by atomic mass is 32.2. The molecular formula is C7H12S. The van der Waals surface area contributed by atoms with Gasteiger partial charge in [-0.05, 0) is 25.2 Å². The maximum absolute atomic E-state index is 2.32. The van der Waals surface area contributed by atoms with E-state index in [2.05, 4.69) is 25.3 Å². The van der Waals surface area contributed by atoms with Crippen LogP contribution in [0.1, 0.15) is 26.7 Å². The minimum absolute atomic E-state index is 0.542. The van der Waals surface area contributed by atoms with Crippen molar-refractivity contribution in [2.24, 2.45) is 0 Å². The summed E-state index contributed by atoms with van der Waals surface area (Å²) in [6, 6.07) is 0. The molecule has 1 aliphatic rings. The molecule has 0 bridgehead atoms. The molecule has 1 atom stereocenters. The number of thioether (sulfide) groups is 1. The monoisotopic (exact) mass is 128 g/mol. The summed E-state index contributed by atoms with van der Waals surface area (Å²) >= 11 is 1.96. The minimum atomic E-state index is 0.542. The van der Waals surface area contributed by atoms with Gasteiger partial charge in [0.25, 0.3) is 0 Å². The van der Waals surface area contributed by atoms with Gasteiger partial charge in [-0.2, -0.15) is 0 Å². The van der Waals surface area contributed by atoms with Crippen LogP contribution in [0.5, 0.6) is 0 Å². The standard InChI is InChI=1S/C7H12S/c1-3-7(2)5-4-6-8-7/h4,6H,3,5H2,1-2H3. The van der Waals surface area contributed by atoms with E-state index in [1.807, 2.05) is 11.8 Å². The van der Waals surface area contributed by atoms with Crippen molar-refractivity contribution >= 4 is 11.8 Å². The van der Waals surface area contributed by atoms with Crippen molar-refractivity contribution in [3.8, 4) is 0 Å². The maximum Gasteiger partial charge on any atom is 0.0205 e. The van der Waals surface area contributed by atoms with E-state index >= 15 is 0 Å². The molecule has 46 valence electrons. The van der Waals surface area contributed by atoms with Gasteiger partial charge in [0.2, 0.25) is 0 Å². The Morgan fingerprint density at radius 1 is 1.75 bits per heavy atom. The average Bonchev–Trinajstić information content (AvgIpc) is 2.17. The molecule has 1 heterocycles. The lowest BCUT2D eigenvalue weighted by Gasteiger charge is -2.18. The van der Waals surface area contributed by atoms with Crippen LogP contribution in [-0.4, -0.2) is 4.75 Å². The van der Waals surface area contributed by atoms with E-state index < -0.39 is 0 Å². The van der Waals surface area contributed by atoms with Crippen LogP contribution in [0, 0.1) is 0 Å². The summed E-state index contributed by atoms with van der Waals surface area (Å²) in [5.41, 5.74) is 0. The van der Waals surface area contributed by atoms with Gasteiger partial charge in [0.15, 0.2) is 0 Å². The number of rotatable bonds is 1. The summed E-state index contributed by atoms with van der Waals surface area (Å²) in [6.07, 6.45) is 4.80. The van der Waals surface area contributed by atoms with Gasteiger partial charge in [0.05, 0.1) is 0 Å². The topological polar surface area (TPSA) is 0 Å². The maximum atomic E-state index is 2.32. The Bertz CT molecular complexity index is 97.0. The molecule has 1 unspecified atom stereocenters. The Morgan fingerprint density at radius 2 is 2.50 bits per heavy atom. The fraction of sp³-hybridized carbons (Fsp3) is 0.714. The molecule has 0 aliphatic carbocycles. The molecule has 0 aromatic heterocycles. The van der Waals surface area contributed by atoms with Crippen molar-refractivity contribution in [3.05, 3.63) is 11.5 Å². The molecule has 0 amide bonds. The predicted octanol–water partition coefficient (Wildman–Crippen LogP) is 2.81. The first-order valence-corrected chi connectivity index (χ1v) is 3.98. The molecule has 0 aromatic rings. The van der Waals surface area contributed by atoms with Gasteiger partial charge in [-0.15, -0.1) is 11.8 Å². The summed E-state index contributed by atoms with van der Waals surface area (Å²) in [4.78, 5) is 0. The molecule has 0 saturated heterocycles. The molecule has 0 spiro atoms. The molecule has 1 aliphatic heterocycles. The van der Waals surface area contributed by atoms with E-state index in [-0.39, 0.29) is 0 Å². The van der Waals surface area contributed by atoms with Crippen LogP contribution in [0.4, 0.5) is 0 Å². The normalized spacial score (nSPS) is 36.2. The Labute approximate surface area is 55.4 Å². The first-order valence-electron chi connectivity index (χ1n) is 3.10. The largest absolute Gasteiger partial charge is 0.128 e. The Balaban J connectivity index is 2.46. The molecular weight excluding hydrogens is 116 g/mol. The SMILES string of the molecule is CCC1(C)CC=CS1. The van der Waals surface area contributed by atoms with E-state index in [0.29, 0.717) is 4.75 Å². The molecule has 0 N–H and O–H groups in total. The van der Waals surface area contributed by atoms with Crippen molar-refractivity contribution < 1.29 is 0 Å². The molecule has 0 aromatic carbocycles. The van der Waals surface area contributed by atoms with Crippen molar-refractivity contribution in [1.82, 2.24) is 0 Å². The van der Waals surface area contributed by atoms with E-state index in [1.165, 1.54) is 12.8 Å². The fourth-order valence-corrected chi connectivity index (χ4v) is 1.67. The Kier molecular flexibility index (Phi) is 1.66. The molecule has 0 nitrogen and oxygen atoms in total. The summed E-state index contributed by atoms with van der Waals surface area (Å²) in [7, 11) is 0. The van der Waals surface area contributed by atoms with Gasteiger partial charge in [0, 0.05) is 4.75 Å². The van der Waals surface area contributed by atoms with E-state index in [9.17, 15) is 0 Å². The van der Waals surface area contributed by atoms with Crippen molar-refractivity contribution in [2.45, 2.75) is 31.4 Å². The smallest absolute Gasteiger partial charge is 0.0205 e. The lowest BCUT2D eigenvalue weighted by Crippen LogP contribution is -2.12. The molecule has 0 fully saturated rings. The third-order valence-electron chi connectivity index (χ3n) is 1.75. The van der Waals surface area contributed by atoms with Crippen LogP contribution in [0.3, 0.4) is 0 Å². The van der Waals surface area contributed by atoms with Crippen LogP contribution in [0.2, 0.25) is 0 Å². The number of hydrogen-bond donors (Lipinski definition) is 0. The van der Waals surface area contributed by atoms with Gasteiger partial charge >= 0.3 is 0 Å². The van der Waals surface area contributed by atoms with Crippen LogP contribution >= 0.6 is 11.8 Å². The molecule has 8 heavy (non-hydrogen) atoms. The first-order chi connectivity index (χ1) is 3.77. The number of hydrogen-bond acceptors (Lipinski definition) is 1. The van der Waals surface area contributed by atoms with Gasteiger partial charge in [0.1, 0.15) is 0 Å². The molecule has 0 saturated carbocycles. The average molecular weight is 128 g/mol. The summed E-state index contributed by atoms with van der Waals surface area (Å²) in [6.45, 7) is 4.57. The second-order valence-corrected chi connectivity index (χ2v) is 3.99. The van der Waals surface area contributed by atoms with Gasteiger partial charge in [-0.3, -0.25) is 0 Å². The second kappa shape index (κ2) is 2.14. The third-order valence-corrected chi connectivity index (χ3v) is 3.10. The highest BCUT2D eigenvalue weighted by Crippen LogP contribution is 2.38. The van der Waals surface area contributed by atoms with Crippen LogP contribution < -0.4 is 0 Å².